The van der Waals surface area contributed by atoms with Gasteiger partial charge in [-0.25, -0.2) is 0 Å². The molecule has 2 rings (SSSR count). The second-order valence-electron chi connectivity index (χ2n) is 5.98. The molecule has 1 saturated heterocycles. The minimum absolute atomic E-state index is 0.622. The van der Waals surface area contributed by atoms with Gasteiger partial charge in [-0.05, 0) is 51.0 Å². The van der Waals surface area contributed by atoms with Crippen molar-refractivity contribution in [1.29, 1.82) is 0 Å². The van der Waals surface area contributed by atoms with Crippen molar-refractivity contribution in [2.45, 2.75) is 64.5 Å². The van der Waals surface area contributed by atoms with Gasteiger partial charge in [-0.15, -0.1) is 0 Å². The Morgan fingerprint density at radius 1 is 1.40 bits per heavy atom. The van der Waals surface area contributed by atoms with Gasteiger partial charge in [-0.2, -0.15) is 0 Å². The largest absolute Gasteiger partial charge is 0.314 e. The molecule has 1 heterocycles. The van der Waals surface area contributed by atoms with Crippen LogP contribution in [0.25, 0.3) is 0 Å². The quantitative estimate of drug-likeness (QED) is 0.727. The second-order valence-corrected chi connectivity index (χ2v) is 5.98. The molecule has 2 heteroatoms. The number of hydrogen-bond donors (Lipinski definition) is 2. The lowest BCUT2D eigenvalue weighted by molar-refractivity contribution is 0.150. The molecule has 0 amide bonds. The first-order valence-corrected chi connectivity index (χ1v) is 6.65. The van der Waals surface area contributed by atoms with Gasteiger partial charge in [0.1, 0.15) is 0 Å². The molecule has 0 bridgehead atoms. The fourth-order valence-corrected chi connectivity index (χ4v) is 2.85. The van der Waals surface area contributed by atoms with E-state index in [9.17, 15) is 0 Å². The molecule has 1 saturated carbocycles. The average Bonchev–Trinajstić information content (AvgIpc) is 2.64. The smallest absolute Gasteiger partial charge is 0.00822 e. The summed E-state index contributed by atoms with van der Waals surface area (Å²) in [5, 5.41) is 7.28. The molecule has 0 radical (unpaired) electrons. The Balaban J connectivity index is 1.61. The molecule has 88 valence electrons. The molecule has 0 aromatic heterocycles. The molecule has 15 heavy (non-hydrogen) atoms. The molecule has 2 unspecified atom stereocenters. The van der Waals surface area contributed by atoms with Crippen LogP contribution in [0.2, 0.25) is 0 Å². The molecule has 1 aliphatic carbocycles. The maximum atomic E-state index is 3.71. The molecule has 2 fully saturated rings. The van der Waals surface area contributed by atoms with E-state index in [0.29, 0.717) is 11.5 Å². The van der Waals surface area contributed by atoms with Crippen molar-refractivity contribution in [2.24, 2.45) is 5.41 Å². The summed E-state index contributed by atoms with van der Waals surface area (Å²) in [5.41, 5.74) is 0.622. The summed E-state index contributed by atoms with van der Waals surface area (Å²) in [7, 11) is 0. The Morgan fingerprint density at radius 2 is 2.20 bits per heavy atom. The molecule has 0 spiro atoms. The van der Waals surface area contributed by atoms with E-state index in [1.54, 1.807) is 0 Å². The van der Waals surface area contributed by atoms with Gasteiger partial charge in [0.15, 0.2) is 0 Å². The first-order valence-electron chi connectivity index (χ1n) is 6.65. The van der Waals surface area contributed by atoms with Crippen molar-refractivity contribution in [3.05, 3.63) is 0 Å². The van der Waals surface area contributed by atoms with Crippen molar-refractivity contribution in [2.75, 3.05) is 13.1 Å². The SMILES string of the molecule is CC(CC1CCCN1)NCC1(C)CCC1. The van der Waals surface area contributed by atoms with Gasteiger partial charge in [0, 0.05) is 18.6 Å². The van der Waals surface area contributed by atoms with Crippen molar-refractivity contribution >= 4 is 0 Å². The molecular weight excluding hydrogens is 184 g/mol. The Bertz CT molecular complexity index is 193. The van der Waals surface area contributed by atoms with Crippen molar-refractivity contribution in [3.8, 4) is 0 Å². The maximum absolute atomic E-state index is 3.71. The highest BCUT2D eigenvalue weighted by Gasteiger charge is 2.31. The Morgan fingerprint density at radius 3 is 2.73 bits per heavy atom. The second kappa shape index (κ2) is 4.84. The summed E-state index contributed by atoms with van der Waals surface area (Å²) >= 11 is 0. The Hall–Kier alpha value is -0.0800. The third-order valence-electron chi connectivity index (χ3n) is 4.24. The van der Waals surface area contributed by atoms with E-state index in [4.69, 9.17) is 0 Å². The van der Waals surface area contributed by atoms with Crippen LogP contribution in [-0.4, -0.2) is 25.2 Å². The monoisotopic (exact) mass is 210 g/mol. The molecular formula is C13H26N2. The maximum Gasteiger partial charge on any atom is 0.00822 e. The Labute approximate surface area is 94.2 Å². The summed E-state index contributed by atoms with van der Waals surface area (Å²) in [6, 6.07) is 1.46. The van der Waals surface area contributed by atoms with E-state index in [0.717, 1.165) is 6.04 Å². The third-order valence-corrected chi connectivity index (χ3v) is 4.24. The van der Waals surface area contributed by atoms with Crippen LogP contribution in [0.15, 0.2) is 0 Å². The minimum Gasteiger partial charge on any atom is -0.314 e. The summed E-state index contributed by atoms with van der Waals surface area (Å²) in [6.45, 7) is 7.21. The fraction of sp³-hybridized carbons (Fsp3) is 1.00. The van der Waals surface area contributed by atoms with Crippen LogP contribution in [0, 0.1) is 5.41 Å². The highest BCUT2D eigenvalue weighted by Crippen LogP contribution is 2.39. The van der Waals surface area contributed by atoms with Crippen LogP contribution in [0.4, 0.5) is 0 Å². The topological polar surface area (TPSA) is 24.1 Å². The van der Waals surface area contributed by atoms with E-state index < -0.39 is 0 Å². The van der Waals surface area contributed by atoms with E-state index in [-0.39, 0.29) is 0 Å². The molecule has 1 aliphatic heterocycles. The lowest BCUT2D eigenvalue weighted by Crippen LogP contribution is -2.42. The predicted molar refractivity (Wildman–Crippen MR) is 65.1 cm³/mol. The van der Waals surface area contributed by atoms with Gasteiger partial charge >= 0.3 is 0 Å². The summed E-state index contributed by atoms with van der Waals surface area (Å²) in [4.78, 5) is 0. The zero-order valence-corrected chi connectivity index (χ0v) is 10.3. The van der Waals surface area contributed by atoms with E-state index in [1.807, 2.05) is 0 Å². The summed E-state index contributed by atoms with van der Waals surface area (Å²) in [5.74, 6) is 0. The highest BCUT2D eigenvalue weighted by atomic mass is 15.0. The average molecular weight is 210 g/mol. The standard InChI is InChI=1S/C13H26N2/c1-11(9-12-5-3-8-14-12)15-10-13(2)6-4-7-13/h11-12,14-15H,3-10H2,1-2H3. The van der Waals surface area contributed by atoms with Crippen molar-refractivity contribution in [1.82, 2.24) is 10.6 Å². The van der Waals surface area contributed by atoms with Crippen molar-refractivity contribution in [3.63, 3.8) is 0 Å². The molecule has 2 atom stereocenters. The van der Waals surface area contributed by atoms with Gasteiger partial charge < -0.3 is 10.6 Å². The minimum atomic E-state index is 0.622. The van der Waals surface area contributed by atoms with Crippen LogP contribution >= 0.6 is 0 Å². The van der Waals surface area contributed by atoms with Crippen molar-refractivity contribution < 1.29 is 0 Å². The normalized spacial score (nSPS) is 31.2. The lowest BCUT2D eigenvalue weighted by Gasteiger charge is -2.39. The van der Waals surface area contributed by atoms with Gasteiger partial charge in [-0.1, -0.05) is 13.3 Å². The van der Waals surface area contributed by atoms with Crippen LogP contribution in [0.3, 0.4) is 0 Å². The number of rotatable bonds is 5. The van der Waals surface area contributed by atoms with E-state index in [1.165, 1.54) is 51.6 Å². The molecule has 0 aromatic carbocycles. The number of nitrogens with one attached hydrogen (secondary N) is 2. The summed E-state index contributed by atoms with van der Waals surface area (Å²) in [6.07, 6.45) is 8.34. The summed E-state index contributed by atoms with van der Waals surface area (Å²) < 4.78 is 0. The number of hydrogen-bond acceptors (Lipinski definition) is 2. The van der Waals surface area contributed by atoms with Gasteiger partial charge in [0.2, 0.25) is 0 Å². The van der Waals surface area contributed by atoms with E-state index >= 15 is 0 Å². The van der Waals surface area contributed by atoms with Gasteiger partial charge in [0.25, 0.3) is 0 Å². The third kappa shape index (κ3) is 3.18. The highest BCUT2D eigenvalue weighted by molar-refractivity contribution is 4.87. The van der Waals surface area contributed by atoms with Gasteiger partial charge in [-0.3, -0.25) is 0 Å². The van der Waals surface area contributed by atoms with Gasteiger partial charge in [0.05, 0.1) is 0 Å². The molecule has 2 N–H and O–H groups in total. The van der Waals surface area contributed by atoms with Crippen LogP contribution < -0.4 is 10.6 Å². The molecule has 2 nitrogen and oxygen atoms in total. The van der Waals surface area contributed by atoms with Crippen LogP contribution in [0.5, 0.6) is 0 Å². The molecule has 0 aromatic rings. The first-order chi connectivity index (χ1) is 7.18. The van der Waals surface area contributed by atoms with Crippen LogP contribution in [0.1, 0.15) is 52.4 Å². The first kappa shape index (κ1) is 11.4. The molecule has 2 aliphatic rings. The Kier molecular flexibility index (Phi) is 3.68. The lowest BCUT2D eigenvalue weighted by atomic mass is 9.70. The van der Waals surface area contributed by atoms with E-state index in [2.05, 4.69) is 24.5 Å². The van der Waals surface area contributed by atoms with Crippen LogP contribution in [-0.2, 0) is 0 Å². The predicted octanol–water partition coefficient (Wildman–Crippen LogP) is 2.30. The fourth-order valence-electron chi connectivity index (χ4n) is 2.85. The zero-order chi connectivity index (χ0) is 10.7. The zero-order valence-electron chi connectivity index (χ0n) is 10.3.